The molecule has 4 aromatic rings. The number of morpholine rings is 1. The molecule has 1 saturated heterocycles. The first kappa shape index (κ1) is 25.5. The highest BCUT2D eigenvalue weighted by molar-refractivity contribution is 14.1. The molecule has 192 valence electrons. The second-order valence-corrected chi connectivity index (χ2v) is 9.35. The summed E-state index contributed by atoms with van der Waals surface area (Å²) in [5.74, 6) is 1.22. The first-order chi connectivity index (χ1) is 18.6. The molecular formula is C27H24IN7O3. The second-order valence-electron chi connectivity index (χ2n) is 8.18. The van der Waals surface area contributed by atoms with Crippen molar-refractivity contribution < 1.29 is 14.3 Å². The topological polar surface area (TPSA) is 114 Å². The Bertz CT molecular complexity index is 1430. The highest BCUT2D eigenvalue weighted by atomic mass is 127. The number of ether oxygens (including phenoxy) is 2. The molecule has 38 heavy (non-hydrogen) atoms. The Kier molecular flexibility index (Phi) is 8.36. The van der Waals surface area contributed by atoms with Crippen molar-refractivity contribution in [1.29, 1.82) is 0 Å². The van der Waals surface area contributed by atoms with Crippen LogP contribution in [-0.2, 0) is 4.74 Å². The van der Waals surface area contributed by atoms with Crippen LogP contribution in [0.15, 0.2) is 84.0 Å². The van der Waals surface area contributed by atoms with Crippen LogP contribution in [0.4, 0.5) is 23.5 Å². The Hall–Kier alpha value is -4.10. The predicted molar refractivity (Wildman–Crippen MR) is 154 cm³/mol. The molecule has 2 N–H and O–H groups in total. The SMILES string of the molecule is O=C(Oc1cccc(/C=N\Nc2nc(Nc3ccccc3)nc(N3CCOCC3)n2)c1)c1ccccc1I. The van der Waals surface area contributed by atoms with Crippen LogP contribution in [0.3, 0.4) is 0 Å². The number of carbonyl (C=O) groups is 1. The summed E-state index contributed by atoms with van der Waals surface area (Å²) in [7, 11) is 0. The summed E-state index contributed by atoms with van der Waals surface area (Å²) in [6, 6.07) is 24.0. The van der Waals surface area contributed by atoms with Gasteiger partial charge in [0.2, 0.25) is 17.8 Å². The summed E-state index contributed by atoms with van der Waals surface area (Å²) in [6.45, 7) is 2.59. The molecule has 0 spiro atoms. The van der Waals surface area contributed by atoms with Crippen molar-refractivity contribution in [1.82, 2.24) is 15.0 Å². The number of carbonyl (C=O) groups excluding carboxylic acids is 1. The van der Waals surface area contributed by atoms with E-state index in [2.05, 4.69) is 53.4 Å². The van der Waals surface area contributed by atoms with Crippen molar-refractivity contribution in [3.05, 3.63) is 93.6 Å². The highest BCUT2D eigenvalue weighted by Gasteiger charge is 2.17. The molecule has 1 aliphatic rings. The van der Waals surface area contributed by atoms with Gasteiger partial charge in [-0.05, 0) is 64.6 Å². The smallest absolute Gasteiger partial charge is 0.344 e. The quantitative estimate of drug-likeness (QED) is 0.0949. The number of halogens is 1. The molecule has 1 aliphatic heterocycles. The maximum absolute atomic E-state index is 12.6. The number of nitrogens with one attached hydrogen (secondary N) is 2. The maximum atomic E-state index is 12.6. The third-order valence-electron chi connectivity index (χ3n) is 5.49. The number of rotatable bonds is 8. The Labute approximate surface area is 233 Å². The number of aromatic nitrogens is 3. The molecule has 10 nitrogen and oxygen atoms in total. The zero-order valence-corrected chi connectivity index (χ0v) is 22.4. The number of hydrogen-bond acceptors (Lipinski definition) is 10. The van der Waals surface area contributed by atoms with Crippen LogP contribution in [-0.4, -0.2) is 53.4 Å². The van der Waals surface area contributed by atoms with E-state index in [9.17, 15) is 4.79 Å². The van der Waals surface area contributed by atoms with E-state index in [1.807, 2.05) is 53.4 Å². The minimum absolute atomic E-state index is 0.289. The van der Waals surface area contributed by atoms with Crippen molar-refractivity contribution >= 4 is 58.3 Å². The third kappa shape index (κ3) is 6.81. The molecule has 1 fully saturated rings. The lowest BCUT2D eigenvalue weighted by molar-refractivity contribution is 0.0733. The third-order valence-corrected chi connectivity index (χ3v) is 6.43. The van der Waals surface area contributed by atoms with Crippen molar-refractivity contribution in [2.24, 2.45) is 5.10 Å². The maximum Gasteiger partial charge on any atom is 0.344 e. The number of para-hydroxylation sites is 1. The lowest BCUT2D eigenvalue weighted by Gasteiger charge is -2.27. The fourth-order valence-electron chi connectivity index (χ4n) is 3.64. The standard InChI is InChI=1S/C27H24IN7O3/c28-23-12-5-4-11-22(23)24(36)38-21-10-6-7-19(17-21)18-29-34-26-31-25(30-20-8-2-1-3-9-20)32-27(33-26)35-13-15-37-16-14-35/h1-12,17-18H,13-16H2,(H2,30,31,32,33,34)/b29-18-. The van der Waals surface area contributed by atoms with Gasteiger partial charge in [0.1, 0.15) is 5.75 Å². The zero-order valence-electron chi connectivity index (χ0n) is 20.3. The second kappa shape index (κ2) is 12.4. The van der Waals surface area contributed by atoms with Gasteiger partial charge in [0, 0.05) is 22.3 Å². The van der Waals surface area contributed by atoms with E-state index in [1.54, 1.807) is 36.5 Å². The fourth-order valence-corrected chi connectivity index (χ4v) is 4.25. The zero-order chi connectivity index (χ0) is 26.2. The molecule has 0 saturated carbocycles. The van der Waals surface area contributed by atoms with Crippen LogP contribution in [0.2, 0.25) is 0 Å². The molecule has 2 heterocycles. The van der Waals surface area contributed by atoms with Crippen LogP contribution >= 0.6 is 22.6 Å². The van der Waals surface area contributed by atoms with Gasteiger partial charge in [0.05, 0.1) is 25.0 Å². The van der Waals surface area contributed by atoms with E-state index in [0.29, 0.717) is 49.5 Å². The van der Waals surface area contributed by atoms with Gasteiger partial charge in [-0.3, -0.25) is 0 Å². The summed E-state index contributed by atoms with van der Waals surface area (Å²) in [5.41, 5.74) is 5.00. The van der Waals surface area contributed by atoms with E-state index in [1.165, 1.54) is 0 Å². The average Bonchev–Trinajstić information content (AvgIpc) is 2.94. The normalized spacial score (nSPS) is 13.3. The van der Waals surface area contributed by atoms with E-state index in [4.69, 9.17) is 9.47 Å². The monoisotopic (exact) mass is 621 g/mol. The minimum atomic E-state index is -0.415. The molecule has 0 atom stereocenters. The predicted octanol–water partition coefficient (Wildman–Crippen LogP) is 4.72. The van der Waals surface area contributed by atoms with Crippen LogP contribution in [0.5, 0.6) is 5.75 Å². The average molecular weight is 621 g/mol. The fraction of sp³-hybridized carbons (Fsp3) is 0.148. The summed E-state index contributed by atoms with van der Waals surface area (Å²) in [6.07, 6.45) is 1.60. The van der Waals surface area contributed by atoms with Crippen molar-refractivity contribution in [2.45, 2.75) is 0 Å². The molecule has 0 radical (unpaired) electrons. The number of benzene rings is 3. The number of hydrogen-bond donors (Lipinski definition) is 2. The summed E-state index contributed by atoms with van der Waals surface area (Å²) < 4.78 is 11.8. The Morgan fingerprint density at radius 2 is 1.71 bits per heavy atom. The molecule has 0 aliphatic carbocycles. The minimum Gasteiger partial charge on any atom is -0.423 e. The van der Waals surface area contributed by atoms with Crippen LogP contribution in [0.1, 0.15) is 15.9 Å². The van der Waals surface area contributed by atoms with Gasteiger partial charge in [-0.15, -0.1) is 0 Å². The van der Waals surface area contributed by atoms with Crippen molar-refractivity contribution in [3.8, 4) is 5.75 Å². The summed E-state index contributed by atoms with van der Waals surface area (Å²) >= 11 is 2.11. The van der Waals surface area contributed by atoms with Crippen molar-refractivity contribution in [2.75, 3.05) is 41.9 Å². The Morgan fingerprint density at radius 3 is 2.53 bits per heavy atom. The largest absolute Gasteiger partial charge is 0.423 e. The van der Waals surface area contributed by atoms with Gasteiger partial charge >= 0.3 is 5.97 Å². The van der Waals surface area contributed by atoms with Crippen LogP contribution in [0.25, 0.3) is 0 Å². The summed E-state index contributed by atoms with van der Waals surface area (Å²) in [4.78, 5) is 28.2. The van der Waals surface area contributed by atoms with Crippen LogP contribution in [0, 0.1) is 3.57 Å². The summed E-state index contributed by atoms with van der Waals surface area (Å²) in [5, 5.41) is 7.51. The van der Waals surface area contributed by atoms with E-state index in [-0.39, 0.29) is 5.95 Å². The van der Waals surface area contributed by atoms with E-state index >= 15 is 0 Å². The lowest BCUT2D eigenvalue weighted by atomic mass is 10.2. The molecule has 11 heteroatoms. The first-order valence-electron chi connectivity index (χ1n) is 11.9. The number of esters is 1. The van der Waals surface area contributed by atoms with Gasteiger partial charge in [0.15, 0.2) is 0 Å². The molecule has 3 aromatic carbocycles. The van der Waals surface area contributed by atoms with Gasteiger partial charge in [0.25, 0.3) is 0 Å². The Balaban J connectivity index is 1.30. The number of hydrazone groups is 1. The van der Waals surface area contributed by atoms with E-state index in [0.717, 1.165) is 14.8 Å². The molecule has 0 unspecified atom stereocenters. The highest BCUT2D eigenvalue weighted by Crippen LogP contribution is 2.20. The van der Waals surface area contributed by atoms with Gasteiger partial charge in [-0.2, -0.15) is 20.1 Å². The number of anilines is 4. The van der Waals surface area contributed by atoms with Gasteiger partial charge in [-0.25, -0.2) is 10.2 Å². The van der Waals surface area contributed by atoms with Gasteiger partial charge < -0.3 is 19.7 Å². The molecule has 1 aromatic heterocycles. The molecule has 5 rings (SSSR count). The van der Waals surface area contributed by atoms with Crippen molar-refractivity contribution in [3.63, 3.8) is 0 Å². The van der Waals surface area contributed by atoms with Gasteiger partial charge in [-0.1, -0.05) is 42.5 Å². The molecular weight excluding hydrogens is 597 g/mol. The van der Waals surface area contributed by atoms with Crippen LogP contribution < -0.4 is 20.4 Å². The lowest BCUT2D eigenvalue weighted by Crippen LogP contribution is -2.37. The Morgan fingerprint density at radius 1 is 0.947 bits per heavy atom. The molecule has 0 bridgehead atoms. The molecule has 0 amide bonds. The first-order valence-corrected chi connectivity index (χ1v) is 13.0. The van der Waals surface area contributed by atoms with E-state index < -0.39 is 5.97 Å². The number of nitrogens with zero attached hydrogens (tertiary/aromatic N) is 5.